The van der Waals surface area contributed by atoms with Crippen molar-refractivity contribution in [2.24, 2.45) is 0 Å². The lowest BCUT2D eigenvalue weighted by atomic mass is 10.1. The van der Waals surface area contributed by atoms with Crippen LogP contribution in [0.5, 0.6) is 0 Å². The molecule has 15 heavy (non-hydrogen) atoms. The van der Waals surface area contributed by atoms with Gasteiger partial charge in [-0.15, -0.1) is 11.8 Å². The second kappa shape index (κ2) is 4.15. The minimum atomic E-state index is -1.02. The first-order valence-electron chi connectivity index (χ1n) is 4.67. The predicted molar refractivity (Wildman–Crippen MR) is 59.2 cm³/mol. The summed E-state index contributed by atoms with van der Waals surface area (Å²) in [4.78, 5) is 10.8. The summed E-state index contributed by atoms with van der Waals surface area (Å²) in [6.45, 7) is 0. The van der Waals surface area contributed by atoms with Crippen LogP contribution in [-0.2, 0) is 0 Å². The lowest BCUT2D eigenvalue weighted by molar-refractivity contribution is -0.436. The molecule has 0 radical (unpaired) electrons. The average molecular weight is 248 g/mol. The molecular formula is C9H10ClNO3S. The summed E-state index contributed by atoms with van der Waals surface area (Å²) >= 11 is 7.56. The van der Waals surface area contributed by atoms with Gasteiger partial charge in [0.2, 0.25) is 0 Å². The molecule has 0 bridgehead atoms. The van der Waals surface area contributed by atoms with Crippen LogP contribution in [0.25, 0.3) is 0 Å². The first-order chi connectivity index (χ1) is 7.08. The molecule has 1 saturated carbocycles. The van der Waals surface area contributed by atoms with Crippen LogP contribution in [0, 0.1) is 10.1 Å². The summed E-state index contributed by atoms with van der Waals surface area (Å²) in [6, 6.07) is 0. The first-order valence-corrected chi connectivity index (χ1v) is 5.93. The van der Waals surface area contributed by atoms with Crippen LogP contribution in [0.2, 0.25) is 0 Å². The van der Waals surface area contributed by atoms with Crippen LogP contribution in [0.3, 0.4) is 0 Å². The van der Waals surface area contributed by atoms with Gasteiger partial charge in [0.05, 0.1) is 9.96 Å². The van der Waals surface area contributed by atoms with Crippen LogP contribution < -0.4 is 0 Å². The van der Waals surface area contributed by atoms with Gasteiger partial charge in [0, 0.05) is 22.7 Å². The third-order valence-corrected chi connectivity index (χ3v) is 4.23. The van der Waals surface area contributed by atoms with Gasteiger partial charge in [-0.25, -0.2) is 0 Å². The molecule has 0 aromatic carbocycles. The van der Waals surface area contributed by atoms with Gasteiger partial charge in [-0.05, 0) is 12.8 Å². The van der Waals surface area contributed by atoms with Crippen molar-refractivity contribution in [2.45, 2.75) is 30.6 Å². The molecule has 6 heteroatoms. The Labute approximate surface area is 96.1 Å². The number of halogens is 1. The minimum Gasteiger partial charge on any atom is -0.381 e. The molecule has 2 aliphatic rings. The first kappa shape index (κ1) is 11.0. The zero-order chi connectivity index (χ0) is 11.0. The van der Waals surface area contributed by atoms with E-state index in [2.05, 4.69) is 0 Å². The standard InChI is InChI=1S/C9H10ClNO3S/c10-6-3-7(11(13)14)8(12)4-9(6)15-5-1-2-5/h3,5,8,12H,1-2,4H2. The molecule has 0 heterocycles. The Morgan fingerprint density at radius 1 is 1.60 bits per heavy atom. The molecule has 2 aliphatic carbocycles. The van der Waals surface area contributed by atoms with Gasteiger partial charge in [0.1, 0.15) is 6.10 Å². The van der Waals surface area contributed by atoms with Gasteiger partial charge >= 0.3 is 0 Å². The van der Waals surface area contributed by atoms with Crippen molar-refractivity contribution in [2.75, 3.05) is 0 Å². The molecule has 82 valence electrons. The molecule has 0 aromatic heterocycles. The number of hydrogen-bond acceptors (Lipinski definition) is 4. The molecule has 1 fully saturated rings. The van der Waals surface area contributed by atoms with Crippen LogP contribution in [0.4, 0.5) is 0 Å². The van der Waals surface area contributed by atoms with Gasteiger partial charge < -0.3 is 5.11 Å². The second-order valence-electron chi connectivity index (χ2n) is 3.63. The minimum absolute atomic E-state index is 0.208. The Morgan fingerprint density at radius 3 is 2.80 bits per heavy atom. The molecule has 4 nitrogen and oxygen atoms in total. The molecule has 0 spiro atoms. The Kier molecular flexibility index (Phi) is 3.04. The van der Waals surface area contributed by atoms with Crippen LogP contribution in [0.1, 0.15) is 19.3 Å². The van der Waals surface area contributed by atoms with Gasteiger partial charge in [-0.3, -0.25) is 10.1 Å². The fourth-order valence-electron chi connectivity index (χ4n) is 1.35. The van der Waals surface area contributed by atoms with Crippen LogP contribution in [-0.4, -0.2) is 21.4 Å². The number of nitrogens with zero attached hydrogens (tertiary/aromatic N) is 1. The number of allylic oxidation sites excluding steroid dienone is 2. The molecule has 0 amide bonds. The highest BCUT2D eigenvalue weighted by Gasteiger charge is 2.32. The van der Waals surface area contributed by atoms with E-state index in [1.807, 2.05) is 0 Å². The molecule has 1 unspecified atom stereocenters. The topological polar surface area (TPSA) is 63.4 Å². The van der Waals surface area contributed by atoms with E-state index in [0.29, 0.717) is 10.3 Å². The summed E-state index contributed by atoms with van der Waals surface area (Å²) in [5.74, 6) is 0. The van der Waals surface area contributed by atoms with Gasteiger partial charge in [-0.1, -0.05) is 11.6 Å². The summed E-state index contributed by atoms with van der Waals surface area (Å²) in [5, 5.41) is 21.1. The molecule has 2 rings (SSSR count). The fourth-order valence-corrected chi connectivity index (χ4v) is 2.87. The molecular weight excluding hydrogens is 238 g/mol. The summed E-state index contributed by atoms with van der Waals surface area (Å²) < 4.78 is 0. The maximum atomic E-state index is 10.5. The largest absolute Gasteiger partial charge is 0.381 e. The van der Waals surface area contributed by atoms with Crippen molar-refractivity contribution in [1.82, 2.24) is 0 Å². The number of hydrogen-bond donors (Lipinski definition) is 1. The summed E-state index contributed by atoms with van der Waals surface area (Å²) in [6.07, 6.45) is 2.84. The lowest BCUT2D eigenvalue weighted by Crippen LogP contribution is -2.20. The number of aliphatic hydroxyl groups is 1. The summed E-state index contributed by atoms with van der Waals surface area (Å²) in [7, 11) is 0. The predicted octanol–water partition coefficient (Wildman–Crippen LogP) is 2.26. The zero-order valence-electron chi connectivity index (χ0n) is 7.85. The molecule has 1 N–H and O–H groups in total. The number of thioether (sulfide) groups is 1. The van der Waals surface area contributed by atoms with E-state index in [4.69, 9.17) is 11.6 Å². The molecule has 1 atom stereocenters. The van der Waals surface area contributed by atoms with E-state index in [-0.39, 0.29) is 12.1 Å². The van der Waals surface area contributed by atoms with E-state index in [0.717, 1.165) is 4.91 Å². The van der Waals surface area contributed by atoms with E-state index >= 15 is 0 Å². The normalized spacial score (nSPS) is 26.5. The zero-order valence-corrected chi connectivity index (χ0v) is 9.42. The Balaban J connectivity index is 2.17. The van der Waals surface area contributed by atoms with Crippen molar-refractivity contribution < 1.29 is 10.0 Å². The summed E-state index contributed by atoms with van der Waals surface area (Å²) in [5.41, 5.74) is -0.208. The highest BCUT2D eigenvalue weighted by atomic mass is 35.5. The van der Waals surface area contributed by atoms with Crippen molar-refractivity contribution in [3.05, 3.63) is 31.8 Å². The van der Waals surface area contributed by atoms with E-state index in [1.165, 1.54) is 18.9 Å². The Hall–Kier alpha value is -0.520. The smallest absolute Gasteiger partial charge is 0.276 e. The van der Waals surface area contributed by atoms with Gasteiger partial charge in [-0.2, -0.15) is 0 Å². The maximum absolute atomic E-state index is 10.5. The van der Waals surface area contributed by atoms with Crippen LogP contribution >= 0.6 is 23.4 Å². The molecule has 0 aliphatic heterocycles. The highest BCUT2D eigenvalue weighted by molar-refractivity contribution is 8.04. The lowest BCUT2D eigenvalue weighted by Gasteiger charge is -2.16. The van der Waals surface area contributed by atoms with Crippen molar-refractivity contribution in [1.29, 1.82) is 0 Å². The number of nitro groups is 1. The van der Waals surface area contributed by atoms with Crippen molar-refractivity contribution in [3.8, 4) is 0 Å². The molecule has 0 aromatic rings. The Morgan fingerprint density at radius 2 is 2.27 bits per heavy atom. The highest BCUT2D eigenvalue weighted by Crippen LogP contribution is 2.44. The monoisotopic (exact) mass is 247 g/mol. The van der Waals surface area contributed by atoms with Gasteiger partial charge in [0.15, 0.2) is 0 Å². The number of rotatable bonds is 3. The third-order valence-electron chi connectivity index (χ3n) is 2.31. The number of aliphatic hydroxyl groups excluding tert-OH is 1. The third kappa shape index (κ3) is 2.53. The second-order valence-corrected chi connectivity index (χ2v) is 5.44. The Bertz CT molecular complexity index is 362. The van der Waals surface area contributed by atoms with E-state index in [1.54, 1.807) is 11.8 Å². The van der Waals surface area contributed by atoms with Crippen LogP contribution in [0.15, 0.2) is 21.7 Å². The van der Waals surface area contributed by atoms with Crippen molar-refractivity contribution >= 4 is 23.4 Å². The SMILES string of the molecule is O=[N+]([O-])C1=CC(Cl)=C(SC2CC2)CC1O. The van der Waals surface area contributed by atoms with Crippen molar-refractivity contribution in [3.63, 3.8) is 0 Å². The average Bonchev–Trinajstić information content (AvgIpc) is 2.94. The van der Waals surface area contributed by atoms with E-state index in [9.17, 15) is 15.2 Å². The van der Waals surface area contributed by atoms with E-state index < -0.39 is 11.0 Å². The quantitative estimate of drug-likeness (QED) is 0.614. The molecule has 0 saturated heterocycles. The maximum Gasteiger partial charge on any atom is 0.276 e. The van der Waals surface area contributed by atoms with Gasteiger partial charge in [0.25, 0.3) is 5.70 Å². The fraction of sp³-hybridized carbons (Fsp3) is 0.556.